The van der Waals surface area contributed by atoms with Crippen molar-refractivity contribution in [3.63, 3.8) is 0 Å². The molecule has 3 amide bonds. The second-order valence-corrected chi connectivity index (χ2v) is 16.8. The SMILES string of the molecule is COc1ccc2cn(C[C@@]3(c4ccc(OC(C)C)cc4)NC(=O)N(COCC[Si](C)(C)C)C3=O)c(O)c2c1. The van der Waals surface area contributed by atoms with Crippen LogP contribution in [0.5, 0.6) is 17.4 Å². The molecule has 4 rings (SSSR count). The summed E-state index contributed by atoms with van der Waals surface area (Å²) in [5.41, 5.74) is -0.877. The highest BCUT2D eigenvalue weighted by molar-refractivity contribution is 6.76. The van der Waals surface area contributed by atoms with Crippen LogP contribution < -0.4 is 14.8 Å². The first-order chi connectivity index (χ1) is 17.9. The summed E-state index contributed by atoms with van der Waals surface area (Å²) in [6.45, 7) is 10.9. The van der Waals surface area contributed by atoms with Crippen LogP contribution in [0.4, 0.5) is 4.79 Å². The highest BCUT2D eigenvalue weighted by Crippen LogP contribution is 2.37. The first-order valence-electron chi connectivity index (χ1n) is 12.8. The van der Waals surface area contributed by atoms with Gasteiger partial charge in [0, 0.05) is 31.7 Å². The van der Waals surface area contributed by atoms with E-state index in [-0.39, 0.29) is 25.3 Å². The number of carbonyl (C=O) groups is 2. The number of hydrogen-bond acceptors (Lipinski definition) is 6. The Kier molecular flexibility index (Phi) is 7.75. The van der Waals surface area contributed by atoms with Gasteiger partial charge in [-0.1, -0.05) is 31.8 Å². The van der Waals surface area contributed by atoms with Crippen molar-refractivity contribution in [3.8, 4) is 17.4 Å². The van der Waals surface area contributed by atoms with Gasteiger partial charge in [-0.2, -0.15) is 0 Å². The normalized spacial score (nSPS) is 17.9. The van der Waals surface area contributed by atoms with Gasteiger partial charge < -0.3 is 29.2 Å². The molecular formula is C28H37N3O6Si. The molecule has 38 heavy (non-hydrogen) atoms. The van der Waals surface area contributed by atoms with Gasteiger partial charge in [0.1, 0.15) is 18.2 Å². The lowest BCUT2D eigenvalue weighted by molar-refractivity contribution is -0.135. The second kappa shape index (κ2) is 10.7. The molecule has 0 spiro atoms. The molecule has 2 aromatic carbocycles. The molecule has 0 radical (unpaired) electrons. The Hall–Kier alpha value is -3.50. The summed E-state index contributed by atoms with van der Waals surface area (Å²) in [6.07, 6.45) is 1.75. The number of fused-ring (bicyclic) bond motifs is 1. The number of carbonyl (C=O) groups excluding carboxylic acids is 2. The van der Waals surface area contributed by atoms with Crippen LogP contribution >= 0.6 is 0 Å². The van der Waals surface area contributed by atoms with Crippen LogP contribution in [0.2, 0.25) is 25.7 Å². The molecule has 1 atom stereocenters. The number of aromatic nitrogens is 1. The van der Waals surface area contributed by atoms with E-state index in [0.717, 1.165) is 16.3 Å². The molecule has 1 aromatic heterocycles. The first kappa shape index (κ1) is 27.5. The molecule has 1 saturated heterocycles. The van der Waals surface area contributed by atoms with Crippen molar-refractivity contribution in [2.45, 2.75) is 57.7 Å². The highest BCUT2D eigenvalue weighted by Gasteiger charge is 2.53. The van der Waals surface area contributed by atoms with Crippen LogP contribution in [0.1, 0.15) is 19.4 Å². The van der Waals surface area contributed by atoms with Crippen molar-refractivity contribution < 1.29 is 28.9 Å². The van der Waals surface area contributed by atoms with Crippen LogP contribution in [-0.2, 0) is 21.6 Å². The molecule has 204 valence electrons. The van der Waals surface area contributed by atoms with Crippen LogP contribution in [-0.4, -0.2) is 61.1 Å². The number of imide groups is 1. The van der Waals surface area contributed by atoms with Crippen molar-refractivity contribution in [2.75, 3.05) is 20.4 Å². The lowest BCUT2D eigenvalue weighted by Crippen LogP contribution is -2.47. The van der Waals surface area contributed by atoms with Gasteiger partial charge in [-0.25, -0.2) is 9.69 Å². The van der Waals surface area contributed by atoms with Gasteiger partial charge in [-0.3, -0.25) is 4.79 Å². The fraction of sp³-hybridized carbons (Fsp3) is 0.429. The fourth-order valence-corrected chi connectivity index (χ4v) is 5.25. The summed E-state index contributed by atoms with van der Waals surface area (Å²) in [7, 11) is 0.232. The zero-order chi connectivity index (χ0) is 27.7. The second-order valence-electron chi connectivity index (χ2n) is 11.1. The van der Waals surface area contributed by atoms with Crippen LogP contribution in [0.3, 0.4) is 0 Å². The van der Waals surface area contributed by atoms with Gasteiger partial charge in [-0.05, 0) is 55.8 Å². The standard InChI is InChI=1S/C28H37N3O6Si/c1-19(2)37-22-11-8-21(9-12-22)28(17-30-16-20-7-10-23(35-3)15-24(20)25(30)32)26(33)31(27(34)29-28)18-36-13-14-38(4,5)6/h7-12,15-16,19,32H,13-14,17-18H2,1-6H3,(H,29,34)/t28-/m0/s1. The molecule has 2 N–H and O–H groups in total. The molecule has 1 fully saturated rings. The third kappa shape index (κ3) is 5.66. The number of benzene rings is 2. The Bertz CT molecular complexity index is 1310. The lowest BCUT2D eigenvalue weighted by atomic mass is 9.89. The molecule has 0 unspecified atom stereocenters. The average molecular weight is 540 g/mol. The Morgan fingerprint density at radius 1 is 1.05 bits per heavy atom. The third-order valence-electron chi connectivity index (χ3n) is 6.59. The Morgan fingerprint density at radius 2 is 1.74 bits per heavy atom. The highest BCUT2D eigenvalue weighted by atomic mass is 28.3. The predicted octanol–water partition coefficient (Wildman–Crippen LogP) is 4.90. The van der Waals surface area contributed by atoms with E-state index in [4.69, 9.17) is 14.2 Å². The molecule has 9 nitrogen and oxygen atoms in total. The predicted molar refractivity (Wildman–Crippen MR) is 148 cm³/mol. The number of hydrogen-bond donors (Lipinski definition) is 2. The fourth-order valence-electron chi connectivity index (χ4n) is 4.49. The molecule has 0 aliphatic carbocycles. The molecule has 0 saturated carbocycles. The molecular weight excluding hydrogens is 502 g/mol. The van der Waals surface area contributed by atoms with Crippen molar-refractivity contribution in [1.29, 1.82) is 0 Å². The number of nitrogens with one attached hydrogen (secondary N) is 1. The molecule has 1 aliphatic rings. The number of aromatic hydroxyl groups is 1. The minimum absolute atomic E-state index is 0.00679. The Balaban J connectivity index is 1.69. The third-order valence-corrected chi connectivity index (χ3v) is 8.29. The monoisotopic (exact) mass is 539 g/mol. The van der Waals surface area contributed by atoms with Crippen LogP contribution in [0.15, 0.2) is 48.7 Å². The van der Waals surface area contributed by atoms with Gasteiger partial charge in [0.05, 0.1) is 19.8 Å². The van der Waals surface area contributed by atoms with E-state index in [1.54, 1.807) is 54.3 Å². The molecule has 0 bridgehead atoms. The van der Waals surface area contributed by atoms with E-state index >= 15 is 0 Å². The first-order valence-corrected chi connectivity index (χ1v) is 16.5. The molecule has 3 aromatic rings. The van der Waals surface area contributed by atoms with Gasteiger partial charge in [0.15, 0.2) is 11.4 Å². The zero-order valence-corrected chi connectivity index (χ0v) is 23.9. The van der Waals surface area contributed by atoms with E-state index < -0.39 is 25.6 Å². The van der Waals surface area contributed by atoms with Crippen molar-refractivity contribution >= 4 is 30.8 Å². The molecule has 10 heteroatoms. The van der Waals surface area contributed by atoms with Crippen molar-refractivity contribution in [3.05, 3.63) is 54.2 Å². The summed E-state index contributed by atoms with van der Waals surface area (Å²) >= 11 is 0. The number of rotatable bonds is 11. The van der Waals surface area contributed by atoms with Gasteiger partial charge in [0.25, 0.3) is 5.91 Å². The largest absolute Gasteiger partial charge is 0.497 e. The van der Waals surface area contributed by atoms with Gasteiger partial charge in [-0.15, -0.1) is 0 Å². The summed E-state index contributed by atoms with van der Waals surface area (Å²) in [5, 5.41) is 15.3. The topological polar surface area (TPSA) is 102 Å². The number of ether oxygens (including phenoxy) is 3. The summed E-state index contributed by atoms with van der Waals surface area (Å²) in [6, 6.07) is 12.9. The quantitative estimate of drug-likeness (QED) is 0.204. The van der Waals surface area contributed by atoms with Crippen LogP contribution in [0.25, 0.3) is 10.8 Å². The maximum atomic E-state index is 13.9. The van der Waals surface area contributed by atoms with E-state index in [0.29, 0.717) is 29.1 Å². The maximum absolute atomic E-state index is 13.9. The Labute approximate surface area is 224 Å². The molecule has 1 aliphatic heterocycles. The van der Waals surface area contributed by atoms with E-state index in [2.05, 4.69) is 25.0 Å². The number of amides is 3. The summed E-state index contributed by atoms with van der Waals surface area (Å²) in [4.78, 5) is 28.2. The summed E-state index contributed by atoms with van der Waals surface area (Å²) < 4.78 is 18.4. The molecule has 2 heterocycles. The van der Waals surface area contributed by atoms with E-state index in [9.17, 15) is 14.7 Å². The van der Waals surface area contributed by atoms with Crippen molar-refractivity contribution in [2.24, 2.45) is 0 Å². The Morgan fingerprint density at radius 3 is 2.37 bits per heavy atom. The van der Waals surface area contributed by atoms with Crippen molar-refractivity contribution in [1.82, 2.24) is 14.8 Å². The number of nitrogens with zero attached hydrogens (tertiary/aromatic N) is 2. The smallest absolute Gasteiger partial charge is 0.327 e. The zero-order valence-electron chi connectivity index (χ0n) is 22.9. The van der Waals surface area contributed by atoms with E-state index in [1.807, 2.05) is 19.9 Å². The van der Waals surface area contributed by atoms with E-state index in [1.165, 1.54) is 0 Å². The van der Waals surface area contributed by atoms with Crippen LogP contribution in [0, 0.1) is 0 Å². The maximum Gasteiger partial charge on any atom is 0.327 e. The number of urea groups is 1. The number of methoxy groups -OCH3 is 1. The minimum Gasteiger partial charge on any atom is -0.497 e. The lowest BCUT2D eigenvalue weighted by Gasteiger charge is -2.28. The van der Waals surface area contributed by atoms with Gasteiger partial charge in [0.2, 0.25) is 0 Å². The summed E-state index contributed by atoms with van der Waals surface area (Å²) in [5.74, 6) is 0.796. The van der Waals surface area contributed by atoms with Gasteiger partial charge >= 0.3 is 6.03 Å². The average Bonchev–Trinajstić information content (AvgIpc) is 3.29. The minimum atomic E-state index is -1.45.